The van der Waals surface area contributed by atoms with E-state index in [4.69, 9.17) is 9.47 Å². The zero-order chi connectivity index (χ0) is 53.4. The highest BCUT2D eigenvalue weighted by Gasteiger charge is 2.16. The number of hydrogen-bond acceptors (Lipinski definition) is 5. The predicted molar refractivity (Wildman–Crippen MR) is 325 cm³/mol. The van der Waals surface area contributed by atoms with Crippen LogP contribution in [0.1, 0.15) is 309 Å². The molecule has 0 spiro atoms. The maximum Gasteiger partial charge on any atom is 0.306 e. The molecular formula is C69H120O5. The molecule has 426 valence electrons. The van der Waals surface area contributed by atoms with E-state index in [1.807, 2.05) is 0 Å². The third-order valence-corrected chi connectivity index (χ3v) is 13.9. The van der Waals surface area contributed by atoms with Gasteiger partial charge >= 0.3 is 11.9 Å². The second-order valence-corrected chi connectivity index (χ2v) is 21.1. The minimum atomic E-state index is -0.775. The van der Waals surface area contributed by atoms with E-state index >= 15 is 0 Å². The Kier molecular flexibility index (Phi) is 61.4. The van der Waals surface area contributed by atoms with Gasteiger partial charge in [0, 0.05) is 12.8 Å². The van der Waals surface area contributed by atoms with Crippen LogP contribution in [0.25, 0.3) is 0 Å². The Bertz CT molecular complexity index is 1400. The molecule has 1 unspecified atom stereocenters. The van der Waals surface area contributed by atoms with Crippen molar-refractivity contribution in [3.63, 3.8) is 0 Å². The van der Waals surface area contributed by atoms with Crippen molar-refractivity contribution in [1.29, 1.82) is 0 Å². The van der Waals surface area contributed by atoms with Crippen molar-refractivity contribution < 1.29 is 24.2 Å². The standard InChI is InChI=1S/C69H120O5/c1-3-5-7-9-11-13-15-17-19-21-23-25-26-27-28-29-30-31-32-33-34-35-36-37-38-39-40-41-42-44-46-48-50-52-54-56-58-60-62-64-69(72)74-67(65-70)66-73-68(71)63-61-59-57-55-53-51-49-47-45-43-24-22-20-18-16-14-12-10-8-6-4-2/h5,7,11,13,17,19,23,25,27-28,30-31,33-34,36-37,67,70H,3-4,6,8-10,12,14-16,18,20-22,24,26,29,32,35,38-66H2,1-2H3/b7-5-,13-11-,19-17-,25-23-,28-27-,31-30-,34-33-,37-36-. The molecule has 0 radical (unpaired) electrons. The normalized spacial score (nSPS) is 12.9. The fraction of sp³-hybridized carbons (Fsp3) is 0.739. The summed E-state index contributed by atoms with van der Waals surface area (Å²) in [5, 5.41) is 9.67. The van der Waals surface area contributed by atoms with Crippen molar-refractivity contribution in [3.05, 3.63) is 97.2 Å². The molecule has 0 fully saturated rings. The van der Waals surface area contributed by atoms with Crippen LogP contribution >= 0.6 is 0 Å². The lowest BCUT2D eigenvalue weighted by Crippen LogP contribution is -2.28. The van der Waals surface area contributed by atoms with Crippen molar-refractivity contribution in [2.24, 2.45) is 0 Å². The Labute approximate surface area is 459 Å². The van der Waals surface area contributed by atoms with E-state index in [1.165, 1.54) is 193 Å². The van der Waals surface area contributed by atoms with Crippen LogP contribution in [-0.4, -0.2) is 36.4 Å². The van der Waals surface area contributed by atoms with Gasteiger partial charge in [-0.25, -0.2) is 0 Å². The fourth-order valence-electron chi connectivity index (χ4n) is 9.16. The smallest absolute Gasteiger partial charge is 0.306 e. The summed E-state index contributed by atoms with van der Waals surface area (Å²) in [6.07, 6.45) is 91.2. The lowest BCUT2D eigenvalue weighted by Gasteiger charge is -2.15. The van der Waals surface area contributed by atoms with E-state index in [2.05, 4.69) is 111 Å². The average Bonchev–Trinajstić information content (AvgIpc) is 3.40. The number of carbonyl (C=O) groups excluding carboxylic acids is 2. The molecule has 1 atom stereocenters. The highest BCUT2D eigenvalue weighted by atomic mass is 16.6. The van der Waals surface area contributed by atoms with Crippen molar-refractivity contribution >= 4 is 11.9 Å². The number of unbranched alkanes of at least 4 members (excludes halogenated alkanes) is 34. The van der Waals surface area contributed by atoms with Crippen molar-refractivity contribution in [3.8, 4) is 0 Å². The van der Waals surface area contributed by atoms with E-state index in [-0.39, 0.29) is 25.2 Å². The molecule has 0 rings (SSSR count). The third kappa shape index (κ3) is 61.4. The molecule has 0 saturated carbocycles. The first-order valence-electron chi connectivity index (χ1n) is 31.8. The molecule has 74 heavy (non-hydrogen) atoms. The van der Waals surface area contributed by atoms with Gasteiger partial charge in [0.15, 0.2) is 6.10 Å². The largest absolute Gasteiger partial charge is 0.462 e. The summed E-state index contributed by atoms with van der Waals surface area (Å²) in [6.45, 7) is 4.06. The second kappa shape index (κ2) is 64.1. The van der Waals surface area contributed by atoms with Gasteiger partial charge in [0.05, 0.1) is 6.61 Å². The molecule has 0 amide bonds. The molecule has 0 aromatic carbocycles. The van der Waals surface area contributed by atoms with Crippen LogP contribution < -0.4 is 0 Å². The van der Waals surface area contributed by atoms with E-state index in [0.29, 0.717) is 12.8 Å². The van der Waals surface area contributed by atoms with E-state index < -0.39 is 6.10 Å². The molecule has 0 aliphatic heterocycles. The van der Waals surface area contributed by atoms with Crippen LogP contribution in [-0.2, 0) is 19.1 Å². The van der Waals surface area contributed by atoms with Gasteiger partial charge in [-0.2, -0.15) is 0 Å². The van der Waals surface area contributed by atoms with Crippen molar-refractivity contribution in [1.82, 2.24) is 0 Å². The first-order chi connectivity index (χ1) is 36.6. The molecule has 0 heterocycles. The fourth-order valence-corrected chi connectivity index (χ4v) is 9.16. The number of aliphatic hydroxyl groups is 1. The maximum absolute atomic E-state index is 12.3. The zero-order valence-corrected chi connectivity index (χ0v) is 48.8. The third-order valence-electron chi connectivity index (χ3n) is 13.9. The van der Waals surface area contributed by atoms with E-state index in [1.54, 1.807) is 0 Å². The van der Waals surface area contributed by atoms with Crippen LogP contribution in [0.3, 0.4) is 0 Å². The van der Waals surface area contributed by atoms with Gasteiger partial charge < -0.3 is 14.6 Å². The Morgan fingerprint density at radius 2 is 0.581 bits per heavy atom. The minimum Gasteiger partial charge on any atom is -0.462 e. The van der Waals surface area contributed by atoms with Gasteiger partial charge in [0.2, 0.25) is 0 Å². The van der Waals surface area contributed by atoms with Crippen molar-refractivity contribution in [2.75, 3.05) is 13.2 Å². The Hall–Kier alpha value is -3.18. The van der Waals surface area contributed by atoms with Gasteiger partial charge in [0.25, 0.3) is 0 Å². The molecule has 0 bridgehead atoms. The number of allylic oxidation sites excluding steroid dienone is 16. The SMILES string of the molecule is CC/C=C\C/C=C\C/C=C\C/C=C\C/C=C\C/C=C\C/C=C\C/C=C\CCCCCCCCCCCCCCCCC(=O)OC(CO)COC(=O)CCCCCCCCCCCCCCCCCCCCCCC. The molecule has 0 aliphatic carbocycles. The summed E-state index contributed by atoms with van der Waals surface area (Å²) < 4.78 is 10.7. The number of aliphatic hydroxyl groups excluding tert-OH is 1. The van der Waals surface area contributed by atoms with E-state index in [9.17, 15) is 14.7 Å². The van der Waals surface area contributed by atoms with Gasteiger partial charge in [-0.3, -0.25) is 9.59 Å². The highest BCUT2D eigenvalue weighted by Crippen LogP contribution is 2.17. The van der Waals surface area contributed by atoms with Crippen LogP contribution in [0.15, 0.2) is 97.2 Å². The number of ether oxygens (including phenoxy) is 2. The Morgan fingerprint density at radius 1 is 0.324 bits per heavy atom. The topological polar surface area (TPSA) is 72.8 Å². The zero-order valence-electron chi connectivity index (χ0n) is 48.8. The van der Waals surface area contributed by atoms with Crippen LogP contribution in [0, 0.1) is 0 Å². The quantitative estimate of drug-likeness (QED) is 0.0373. The number of hydrogen-bond donors (Lipinski definition) is 1. The van der Waals surface area contributed by atoms with E-state index in [0.717, 1.165) is 89.9 Å². The summed E-state index contributed by atoms with van der Waals surface area (Å²) >= 11 is 0. The Balaban J connectivity index is 3.49. The number of rotatable bonds is 58. The summed E-state index contributed by atoms with van der Waals surface area (Å²) in [4.78, 5) is 24.6. The van der Waals surface area contributed by atoms with Crippen LogP contribution in [0.5, 0.6) is 0 Å². The molecule has 5 nitrogen and oxygen atoms in total. The number of esters is 2. The minimum absolute atomic E-state index is 0.0645. The van der Waals surface area contributed by atoms with Gasteiger partial charge in [-0.05, 0) is 77.0 Å². The van der Waals surface area contributed by atoms with Crippen molar-refractivity contribution in [2.45, 2.75) is 315 Å². The molecule has 0 saturated heterocycles. The lowest BCUT2D eigenvalue weighted by atomic mass is 10.0. The summed E-state index contributed by atoms with van der Waals surface area (Å²) in [5.74, 6) is -0.579. The maximum atomic E-state index is 12.3. The Morgan fingerprint density at radius 3 is 0.878 bits per heavy atom. The van der Waals surface area contributed by atoms with Crippen LogP contribution in [0.4, 0.5) is 0 Å². The average molecular weight is 1030 g/mol. The highest BCUT2D eigenvalue weighted by molar-refractivity contribution is 5.70. The molecule has 5 heteroatoms. The lowest BCUT2D eigenvalue weighted by molar-refractivity contribution is -0.161. The second-order valence-electron chi connectivity index (χ2n) is 21.1. The summed E-state index contributed by atoms with van der Waals surface area (Å²) in [7, 11) is 0. The van der Waals surface area contributed by atoms with Gasteiger partial charge in [-0.15, -0.1) is 0 Å². The first-order valence-corrected chi connectivity index (χ1v) is 31.8. The van der Waals surface area contributed by atoms with Crippen LogP contribution in [0.2, 0.25) is 0 Å². The summed E-state index contributed by atoms with van der Waals surface area (Å²) in [5.41, 5.74) is 0. The number of carbonyl (C=O) groups is 2. The predicted octanol–water partition coefficient (Wildman–Crippen LogP) is 21.9. The molecule has 0 aromatic heterocycles. The van der Waals surface area contributed by atoms with Gasteiger partial charge in [0.1, 0.15) is 6.61 Å². The molecule has 0 aromatic rings. The molecular weight excluding hydrogens is 909 g/mol. The van der Waals surface area contributed by atoms with Gasteiger partial charge in [-0.1, -0.05) is 317 Å². The summed E-state index contributed by atoms with van der Waals surface area (Å²) in [6, 6.07) is 0. The molecule has 0 aliphatic rings. The first kappa shape index (κ1) is 70.8. The molecule has 1 N–H and O–H groups in total. The monoisotopic (exact) mass is 1030 g/mol.